The number of rotatable bonds is 4. The van der Waals surface area contributed by atoms with Gasteiger partial charge in [0.05, 0.1) is 16.8 Å². The lowest BCUT2D eigenvalue weighted by atomic mass is 10.3. The van der Waals surface area contributed by atoms with Gasteiger partial charge in [0.2, 0.25) is 0 Å². The lowest BCUT2D eigenvalue weighted by molar-refractivity contribution is -0.384. The van der Waals surface area contributed by atoms with Crippen LogP contribution in [0.3, 0.4) is 0 Å². The Hall–Kier alpha value is -3.29. The molecule has 21 heavy (non-hydrogen) atoms. The Kier molecular flexibility index (Phi) is 3.26. The van der Waals surface area contributed by atoms with Crippen LogP contribution in [0.15, 0.2) is 60.4 Å². The highest BCUT2D eigenvalue weighted by molar-refractivity contribution is 5.78. The smallest absolute Gasteiger partial charge is 0.269 e. The summed E-state index contributed by atoms with van der Waals surface area (Å²) < 4.78 is 3.35. The molecule has 2 aromatic heterocycles. The predicted molar refractivity (Wildman–Crippen MR) is 75.4 cm³/mol. The molecule has 0 bridgehead atoms. The largest absolute Gasteiger partial charge is 0.316 e. The number of nitro benzene ring substituents is 1. The van der Waals surface area contributed by atoms with Crippen LogP contribution in [0.1, 0.15) is 5.69 Å². The van der Waals surface area contributed by atoms with E-state index < -0.39 is 4.92 Å². The number of benzene rings is 1. The van der Waals surface area contributed by atoms with E-state index in [-0.39, 0.29) is 5.69 Å². The topological polar surface area (TPSA) is 91.1 Å². The van der Waals surface area contributed by atoms with Crippen molar-refractivity contribution in [3.63, 3.8) is 0 Å². The second kappa shape index (κ2) is 5.37. The minimum Gasteiger partial charge on any atom is -0.316 e. The third kappa shape index (κ3) is 2.68. The Bertz CT molecular complexity index is 773. The maximum Gasteiger partial charge on any atom is 0.269 e. The molecule has 1 aromatic carbocycles. The van der Waals surface area contributed by atoms with Crippen molar-refractivity contribution in [2.45, 2.75) is 0 Å². The molecule has 0 aliphatic rings. The van der Waals surface area contributed by atoms with Crippen LogP contribution in [0, 0.1) is 10.1 Å². The van der Waals surface area contributed by atoms with Gasteiger partial charge in [-0.3, -0.25) is 10.1 Å². The normalized spacial score (nSPS) is 11.0. The van der Waals surface area contributed by atoms with E-state index in [4.69, 9.17) is 0 Å². The van der Waals surface area contributed by atoms with Gasteiger partial charge in [0, 0.05) is 24.0 Å². The molecular formula is C13H10N6O2. The minimum atomic E-state index is -0.423. The summed E-state index contributed by atoms with van der Waals surface area (Å²) in [6, 6.07) is 10.1. The number of non-ortho nitro benzene ring substituents is 1. The van der Waals surface area contributed by atoms with Gasteiger partial charge in [0.15, 0.2) is 0 Å². The summed E-state index contributed by atoms with van der Waals surface area (Å²) in [5, 5.41) is 22.2. The first-order valence-corrected chi connectivity index (χ1v) is 6.05. The van der Waals surface area contributed by atoms with Crippen LogP contribution in [0.25, 0.3) is 5.69 Å². The molecular weight excluding hydrogens is 272 g/mol. The van der Waals surface area contributed by atoms with Crippen LogP contribution < -0.4 is 0 Å². The van der Waals surface area contributed by atoms with Crippen LogP contribution in [0.2, 0.25) is 0 Å². The molecule has 0 N–H and O–H groups in total. The quantitative estimate of drug-likeness (QED) is 0.415. The minimum absolute atomic E-state index is 0.0608. The van der Waals surface area contributed by atoms with Crippen molar-refractivity contribution in [2.75, 3.05) is 0 Å². The summed E-state index contributed by atoms with van der Waals surface area (Å²) in [6.45, 7) is 0. The molecule has 0 fully saturated rings. The van der Waals surface area contributed by atoms with Crippen molar-refractivity contribution in [3.05, 3.63) is 71.1 Å². The van der Waals surface area contributed by atoms with Crippen molar-refractivity contribution in [1.29, 1.82) is 0 Å². The van der Waals surface area contributed by atoms with Gasteiger partial charge in [-0.05, 0) is 24.3 Å². The first-order valence-electron chi connectivity index (χ1n) is 6.05. The van der Waals surface area contributed by atoms with E-state index in [1.54, 1.807) is 18.3 Å². The zero-order valence-electron chi connectivity index (χ0n) is 10.8. The van der Waals surface area contributed by atoms with Gasteiger partial charge in [-0.15, -0.1) is 10.2 Å². The summed E-state index contributed by atoms with van der Waals surface area (Å²) in [4.78, 5) is 10.2. The standard InChI is InChI=1S/C13H10N6O2/c20-19(21)12-5-3-11(4-6-12)18-7-1-2-13(18)8-16-17-9-14-15-10-17/h1-10H/b16-8-. The number of hydrogen-bond acceptors (Lipinski definition) is 5. The molecule has 8 nitrogen and oxygen atoms in total. The molecule has 0 aliphatic heterocycles. The van der Waals surface area contributed by atoms with Crippen LogP contribution in [0.4, 0.5) is 5.69 Å². The summed E-state index contributed by atoms with van der Waals surface area (Å²) in [6.07, 6.45) is 6.48. The van der Waals surface area contributed by atoms with Crippen molar-refractivity contribution < 1.29 is 4.92 Å². The average Bonchev–Trinajstić information content (AvgIpc) is 3.16. The van der Waals surface area contributed by atoms with Gasteiger partial charge in [-0.1, -0.05) is 0 Å². The number of aromatic nitrogens is 4. The molecule has 0 spiro atoms. The summed E-state index contributed by atoms with van der Waals surface area (Å²) in [7, 11) is 0. The van der Waals surface area contributed by atoms with Crippen LogP contribution in [-0.4, -0.2) is 30.6 Å². The van der Waals surface area contributed by atoms with Gasteiger partial charge in [0.1, 0.15) is 12.7 Å². The molecule has 104 valence electrons. The summed E-state index contributed by atoms with van der Waals surface area (Å²) in [5.41, 5.74) is 1.71. The van der Waals surface area contributed by atoms with E-state index in [1.165, 1.54) is 29.5 Å². The van der Waals surface area contributed by atoms with Gasteiger partial charge in [-0.2, -0.15) is 5.10 Å². The van der Waals surface area contributed by atoms with Crippen molar-refractivity contribution in [1.82, 2.24) is 19.4 Å². The van der Waals surface area contributed by atoms with E-state index in [1.807, 2.05) is 22.9 Å². The third-order valence-electron chi connectivity index (χ3n) is 2.85. The highest BCUT2D eigenvalue weighted by atomic mass is 16.6. The first kappa shape index (κ1) is 12.7. The maximum absolute atomic E-state index is 10.7. The maximum atomic E-state index is 10.7. The Morgan fingerprint density at radius 3 is 2.52 bits per heavy atom. The molecule has 2 heterocycles. The fourth-order valence-corrected chi connectivity index (χ4v) is 1.85. The van der Waals surface area contributed by atoms with E-state index in [0.29, 0.717) is 0 Å². The third-order valence-corrected chi connectivity index (χ3v) is 2.85. The van der Waals surface area contributed by atoms with Crippen LogP contribution in [-0.2, 0) is 0 Å². The Balaban J connectivity index is 1.89. The van der Waals surface area contributed by atoms with Gasteiger partial charge in [-0.25, -0.2) is 4.68 Å². The second-order valence-electron chi connectivity index (χ2n) is 4.16. The van der Waals surface area contributed by atoms with Crippen molar-refractivity contribution >= 4 is 11.9 Å². The lowest BCUT2D eigenvalue weighted by Gasteiger charge is -2.05. The second-order valence-corrected chi connectivity index (χ2v) is 4.16. The van der Waals surface area contributed by atoms with Crippen LogP contribution >= 0.6 is 0 Å². The van der Waals surface area contributed by atoms with Crippen molar-refractivity contribution in [2.24, 2.45) is 5.10 Å². The zero-order valence-corrected chi connectivity index (χ0v) is 10.8. The monoisotopic (exact) mass is 282 g/mol. The molecule has 0 unspecified atom stereocenters. The Labute approximate surface area is 119 Å². The molecule has 0 saturated heterocycles. The Morgan fingerprint density at radius 2 is 1.86 bits per heavy atom. The number of hydrogen-bond donors (Lipinski definition) is 0. The van der Waals surface area contributed by atoms with E-state index >= 15 is 0 Å². The van der Waals surface area contributed by atoms with Gasteiger partial charge >= 0.3 is 0 Å². The molecule has 0 radical (unpaired) electrons. The molecule has 3 aromatic rings. The lowest BCUT2D eigenvalue weighted by Crippen LogP contribution is -1.99. The predicted octanol–water partition coefficient (Wildman–Crippen LogP) is 1.86. The fraction of sp³-hybridized carbons (Fsp3) is 0. The van der Waals surface area contributed by atoms with Gasteiger partial charge < -0.3 is 4.57 Å². The number of nitrogens with zero attached hydrogens (tertiary/aromatic N) is 6. The van der Waals surface area contributed by atoms with E-state index in [9.17, 15) is 10.1 Å². The van der Waals surface area contributed by atoms with Gasteiger partial charge in [0.25, 0.3) is 5.69 Å². The molecule has 8 heteroatoms. The molecule has 0 saturated carbocycles. The number of nitro groups is 1. The molecule has 3 rings (SSSR count). The van der Waals surface area contributed by atoms with E-state index in [2.05, 4.69) is 15.3 Å². The highest BCUT2D eigenvalue weighted by Gasteiger charge is 2.06. The molecule has 0 aliphatic carbocycles. The summed E-state index contributed by atoms with van der Waals surface area (Å²) >= 11 is 0. The van der Waals surface area contributed by atoms with Crippen molar-refractivity contribution in [3.8, 4) is 5.69 Å². The summed E-state index contributed by atoms with van der Waals surface area (Å²) in [5.74, 6) is 0. The SMILES string of the molecule is O=[N+]([O-])c1ccc(-n2cccc2/C=N\n2cnnc2)cc1. The zero-order chi connectivity index (χ0) is 14.7. The average molecular weight is 282 g/mol. The molecule has 0 amide bonds. The molecule has 0 atom stereocenters. The van der Waals surface area contributed by atoms with E-state index in [0.717, 1.165) is 11.4 Å². The fourth-order valence-electron chi connectivity index (χ4n) is 1.85. The first-order chi connectivity index (χ1) is 10.2. The van der Waals surface area contributed by atoms with Crippen LogP contribution in [0.5, 0.6) is 0 Å². The Morgan fingerprint density at radius 1 is 1.14 bits per heavy atom. The highest BCUT2D eigenvalue weighted by Crippen LogP contribution is 2.16.